The van der Waals surface area contributed by atoms with Crippen LogP contribution in [-0.4, -0.2) is 19.7 Å². The van der Waals surface area contributed by atoms with Crippen molar-refractivity contribution in [1.82, 2.24) is 4.98 Å². The van der Waals surface area contributed by atoms with Crippen LogP contribution in [0, 0.1) is 0 Å². The first-order chi connectivity index (χ1) is 7.97. The number of hydrogen-bond donors (Lipinski definition) is 2. The average molecular weight is 250 g/mol. The fourth-order valence-corrected chi connectivity index (χ4v) is 2.26. The molecule has 2 rings (SSSR count). The minimum Gasteiger partial charge on any atom is -0.397 e. The van der Waals surface area contributed by atoms with Crippen molar-refractivity contribution < 1.29 is 8.42 Å². The average Bonchev–Trinajstić information content (AvgIpc) is 2.64. The van der Waals surface area contributed by atoms with Crippen LogP contribution in [0.2, 0.25) is 0 Å². The lowest BCUT2D eigenvalue weighted by Gasteiger charge is -2.03. The van der Waals surface area contributed by atoms with Crippen LogP contribution < -0.4 is 5.73 Å². The summed E-state index contributed by atoms with van der Waals surface area (Å²) >= 11 is 0. The molecule has 0 aliphatic rings. The molecule has 0 radical (unpaired) electrons. The van der Waals surface area contributed by atoms with Crippen molar-refractivity contribution in [3.63, 3.8) is 0 Å². The molecule has 90 valence electrons. The summed E-state index contributed by atoms with van der Waals surface area (Å²) in [5, 5.41) is 0. The van der Waals surface area contributed by atoms with Crippen LogP contribution in [0.1, 0.15) is 11.3 Å². The molecule has 0 saturated carbocycles. The highest BCUT2D eigenvalue weighted by Gasteiger charge is 2.07. The second-order valence-corrected chi connectivity index (χ2v) is 6.02. The third-order valence-corrected chi connectivity index (χ3v) is 3.73. The molecular weight excluding hydrogens is 236 g/mol. The second kappa shape index (κ2) is 4.25. The van der Waals surface area contributed by atoms with Crippen LogP contribution in [0.15, 0.2) is 41.4 Å². The lowest BCUT2D eigenvalue weighted by molar-refractivity contribution is 0.602. The Morgan fingerprint density at radius 3 is 2.29 bits per heavy atom. The van der Waals surface area contributed by atoms with Gasteiger partial charge in [-0.25, -0.2) is 8.42 Å². The molecule has 0 aliphatic heterocycles. The third-order valence-electron chi connectivity index (χ3n) is 2.60. The van der Waals surface area contributed by atoms with E-state index >= 15 is 0 Å². The molecule has 1 aromatic heterocycles. The maximum Gasteiger partial charge on any atom is 0.175 e. The zero-order valence-electron chi connectivity index (χ0n) is 9.47. The van der Waals surface area contributed by atoms with Gasteiger partial charge in [0.1, 0.15) is 0 Å². The normalized spacial score (nSPS) is 11.6. The molecule has 1 heterocycles. The van der Waals surface area contributed by atoms with E-state index in [2.05, 4.69) is 4.98 Å². The summed E-state index contributed by atoms with van der Waals surface area (Å²) < 4.78 is 22.6. The van der Waals surface area contributed by atoms with E-state index in [0.29, 0.717) is 11.3 Å². The van der Waals surface area contributed by atoms with Crippen molar-refractivity contribution in [2.24, 2.45) is 0 Å². The number of benzene rings is 1. The molecule has 5 heteroatoms. The monoisotopic (exact) mass is 250 g/mol. The van der Waals surface area contributed by atoms with Crippen molar-refractivity contribution in [1.29, 1.82) is 0 Å². The molecule has 17 heavy (non-hydrogen) atoms. The number of hydrogen-bond acceptors (Lipinski definition) is 3. The van der Waals surface area contributed by atoms with Crippen molar-refractivity contribution in [3.05, 3.63) is 47.8 Å². The topological polar surface area (TPSA) is 76.0 Å². The van der Waals surface area contributed by atoms with E-state index in [1.54, 1.807) is 36.5 Å². The summed E-state index contributed by atoms with van der Waals surface area (Å²) in [6.07, 6.45) is 3.66. The standard InChI is InChI=1S/C12H14N2O2S/c1-17(15,16)10-4-2-9(3-5-10)8-12-11(13)6-7-14-12/h2-7,14H,8,13H2,1H3. The summed E-state index contributed by atoms with van der Waals surface area (Å²) in [6.45, 7) is 0. The van der Waals surface area contributed by atoms with Crippen molar-refractivity contribution in [2.45, 2.75) is 11.3 Å². The Hall–Kier alpha value is -1.75. The maximum absolute atomic E-state index is 11.3. The fraction of sp³-hybridized carbons (Fsp3) is 0.167. The predicted molar refractivity (Wildman–Crippen MR) is 67.6 cm³/mol. The van der Waals surface area contributed by atoms with Gasteiger partial charge in [0.25, 0.3) is 0 Å². The fourth-order valence-electron chi connectivity index (χ4n) is 1.63. The molecule has 0 bridgehead atoms. The van der Waals surface area contributed by atoms with Crippen molar-refractivity contribution in [2.75, 3.05) is 12.0 Å². The SMILES string of the molecule is CS(=O)(=O)c1ccc(Cc2[nH]ccc2N)cc1. The smallest absolute Gasteiger partial charge is 0.175 e. The largest absolute Gasteiger partial charge is 0.397 e. The zero-order chi connectivity index (χ0) is 12.5. The van der Waals surface area contributed by atoms with E-state index in [-0.39, 0.29) is 0 Å². The molecule has 0 aliphatic carbocycles. The highest BCUT2D eigenvalue weighted by atomic mass is 32.2. The Labute approximate surface area is 100 Å². The van der Waals surface area contributed by atoms with E-state index in [9.17, 15) is 8.42 Å². The van der Waals surface area contributed by atoms with Gasteiger partial charge in [-0.05, 0) is 23.8 Å². The molecule has 0 fully saturated rings. The number of nitrogens with two attached hydrogens (primary N) is 1. The highest BCUT2D eigenvalue weighted by molar-refractivity contribution is 7.90. The van der Waals surface area contributed by atoms with Crippen molar-refractivity contribution >= 4 is 15.5 Å². The molecule has 0 amide bonds. The molecule has 0 saturated heterocycles. The molecule has 0 atom stereocenters. The number of nitrogen functional groups attached to an aromatic ring is 1. The predicted octanol–water partition coefficient (Wildman–Crippen LogP) is 1.59. The first kappa shape index (κ1) is 11.7. The third kappa shape index (κ3) is 2.68. The molecule has 3 N–H and O–H groups in total. The van der Waals surface area contributed by atoms with Crippen LogP contribution in [0.3, 0.4) is 0 Å². The molecule has 2 aromatic rings. The van der Waals surface area contributed by atoms with E-state index < -0.39 is 9.84 Å². The van der Waals surface area contributed by atoms with Crippen LogP contribution in [0.4, 0.5) is 5.69 Å². The lowest BCUT2D eigenvalue weighted by atomic mass is 10.1. The van der Waals surface area contributed by atoms with Gasteiger partial charge in [0, 0.05) is 24.6 Å². The van der Waals surface area contributed by atoms with Gasteiger partial charge < -0.3 is 10.7 Å². The number of sulfone groups is 1. The van der Waals surface area contributed by atoms with Crippen LogP contribution in [-0.2, 0) is 16.3 Å². The number of nitrogens with one attached hydrogen (secondary N) is 1. The molecular formula is C12H14N2O2S. The van der Waals surface area contributed by atoms with E-state index in [1.807, 2.05) is 0 Å². The number of rotatable bonds is 3. The van der Waals surface area contributed by atoms with Gasteiger partial charge in [-0.3, -0.25) is 0 Å². The van der Waals surface area contributed by atoms with Crippen molar-refractivity contribution in [3.8, 4) is 0 Å². The second-order valence-electron chi connectivity index (χ2n) is 4.00. The Bertz CT molecular complexity index is 612. The van der Waals surface area contributed by atoms with Gasteiger partial charge >= 0.3 is 0 Å². The Balaban J connectivity index is 2.23. The van der Waals surface area contributed by atoms with Crippen LogP contribution in [0.5, 0.6) is 0 Å². The van der Waals surface area contributed by atoms with Gasteiger partial charge in [0.05, 0.1) is 10.6 Å². The molecule has 0 unspecified atom stereocenters. The van der Waals surface area contributed by atoms with Crippen LogP contribution >= 0.6 is 0 Å². The summed E-state index contributed by atoms with van der Waals surface area (Å²) in [4.78, 5) is 3.39. The lowest BCUT2D eigenvalue weighted by Crippen LogP contribution is -1.98. The van der Waals surface area contributed by atoms with Gasteiger partial charge in [0.2, 0.25) is 0 Å². The number of aromatic nitrogens is 1. The summed E-state index contributed by atoms with van der Waals surface area (Å²) in [5.41, 5.74) is 8.44. The Morgan fingerprint density at radius 2 is 1.82 bits per heavy atom. The Morgan fingerprint density at radius 1 is 1.18 bits per heavy atom. The van der Waals surface area contributed by atoms with E-state index in [1.165, 1.54) is 6.26 Å². The Kier molecular flexibility index (Phi) is 2.93. The molecule has 1 aromatic carbocycles. The van der Waals surface area contributed by atoms with E-state index in [4.69, 9.17) is 5.73 Å². The summed E-state index contributed by atoms with van der Waals surface area (Å²) in [7, 11) is -3.12. The van der Waals surface area contributed by atoms with Gasteiger partial charge in [-0.1, -0.05) is 12.1 Å². The minimum absolute atomic E-state index is 0.334. The van der Waals surface area contributed by atoms with E-state index in [0.717, 1.165) is 16.9 Å². The van der Waals surface area contributed by atoms with Gasteiger partial charge in [0.15, 0.2) is 9.84 Å². The van der Waals surface area contributed by atoms with Gasteiger partial charge in [-0.15, -0.1) is 0 Å². The first-order valence-electron chi connectivity index (χ1n) is 5.17. The quantitative estimate of drug-likeness (QED) is 0.868. The summed E-state index contributed by atoms with van der Waals surface area (Å²) in [5.74, 6) is 0. The number of H-pyrrole nitrogens is 1. The summed E-state index contributed by atoms with van der Waals surface area (Å²) in [6, 6.07) is 8.64. The van der Waals surface area contributed by atoms with Crippen LogP contribution in [0.25, 0.3) is 0 Å². The number of aromatic amines is 1. The highest BCUT2D eigenvalue weighted by Crippen LogP contribution is 2.16. The van der Waals surface area contributed by atoms with Gasteiger partial charge in [-0.2, -0.15) is 0 Å². The first-order valence-corrected chi connectivity index (χ1v) is 7.06. The molecule has 4 nitrogen and oxygen atoms in total. The number of anilines is 1. The minimum atomic E-state index is -3.12. The molecule has 0 spiro atoms. The maximum atomic E-state index is 11.3. The zero-order valence-corrected chi connectivity index (χ0v) is 10.3.